The summed E-state index contributed by atoms with van der Waals surface area (Å²) >= 11 is 1.57. The van der Waals surface area contributed by atoms with E-state index in [1.165, 1.54) is 13.2 Å². The normalized spacial score (nSPS) is 12.8. The highest BCUT2D eigenvalue weighted by Crippen LogP contribution is 2.32. The minimum absolute atomic E-state index is 0.0798. The Morgan fingerprint density at radius 3 is 2.76 bits per heavy atom. The summed E-state index contributed by atoms with van der Waals surface area (Å²) in [6, 6.07) is 2.87. The number of ether oxygens (including phenoxy) is 1. The topological polar surface area (TPSA) is 66.0 Å². The van der Waals surface area contributed by atoms with Crippen molar-refractivity contribution in [1.82, 2.24) is 14.5 Å². The summed E-state index contributed by atoms with van der Waals surface area (Å²) in [6.45, 7) is 3.94. The van der Waals surface area contributed by atoms with Crippen molar-refractivity contribution >= 4 is 28.3 Å². The van der Waals surface area contributed by atoms with Gasteiger partial charge in [0, 0.05) is 23.2 Å². The van der Waals surface area contributed by atoms with Gasteiger partial charge < -0.3 is 15.0 Å². The second-order valence-electron chi connectivity index (χ2n) is 4.82. The lowest BCUT2D eigenvalue weighted by atomic mass is 10.2. The molecule has 7 heteroatoms. The average Bonchev–Trinajstić information content (AvgIpc) is 3.00. The quantitative estimate of drug-likeness (QED) is 0.807. The predicted molar refractivity (Wildman–Crippen MR) is 81.3 cm³/mol. The first-order valence-electron chi connectivity index (χ1n) is 6.44. The lowest BCUT2D eigenvalue weighted by Gasteiger charge is -2.14. The molecule has 1 unspecified atom stereocenters. The Hall–Kier alpha value is -2.15. The van der Waals surface area contributed by atoms with Crippen LogP contribution in [0.1, 0.15) is 23.7 Å². The first kappa shape index (κ1) is 13.8. The lowest BCUT2D eigenvalue weighted by molar-refractivity contribution is 0.387. The van der Waals surface area contributed by atoms with Crippen molar-refractivity contribution < 1.29 is 9.13 Å². The SMILES string of the molecule is COc1cc2c(cc1F)nc(N)n2C(C)c1nc(C)cs1. The molecule has 0 aliphatic rings. The summed E-state index contributed by atoms with van der Waals surface area (Å²) < 4.78 is 20.6. The highest BCUT2D eigenvalue weighted by molar-refractivity contribution is 7.09. The van der Waals surface area contributed by atoms with E-state index >= 15 is 0 Å². The summed E-state index contributed by atoms with van der Waals surface area (Å²) in [6.07, 6.45) is 0. The van der Waals surface area contributed by atoms with Gasteiger partial charge in [-0.05, 0) is 13.8 Å². The molecule has 0 bridgehead atoms. The molecule has 0 aliphatic carbocycles. The van der Waals surface area contributed by atoms with Crippen molar-refractivity contribution in [2.24, 2.45) is 0 Å². The molecular weight excluding hydrogens is 291 g/mol. The number of aryl methyl sites for hydroxylation is 1. The molecule has 2 N–H and O–H groups in total. The van der Waals surface area contributed by atoms with Gasteiger partial charge in [-0.3, -0.25) is 0 Å². The Kier molecular flexibility index (Phi) is 3.29. The molecule has 1 atom stereocenters. The Balaban J connectivity index is 2.19. The molecule has 3 aromatic rings. The summed E-state index contributed by atoms with van der Waals surface area (Å²) in [7, 11) is 1.43. The zero-order valence-corrected chi connectivity index (χ0v) is 12.7. The Morgan fingerprint density at radius 2 is 2.14 bits per heavy atom. The molecule has 2 aromatic heterocycles. The number of nitrogen functional groups attached to an aromatic ring is 1. The molecule has 21 heavy (non-hydrogen) atoms. The van der Waals surface area contributed by atoms with Crippen LogP contribution in [0.2, 0.25) is 0 Å². The van der Waals surface area contributed by atoms with Crippen LogP contribution in [-0.4, -0.2) is 21.6 Å². The van der Waals surface area contributed by atoms with Gasteiger partial charge in [0.2, 0.25) is 5.95 Å². The molecule has 0 aliphatic heterocycles. The molecule has 0 radical (unpaired) electrons. The third-order valence-corrected chi connectivity index (χ3v) is 4.50. The number of anilines is 1. The van der Waals surface area contributed by atoms with Gasteiger partial charge in [-0.1, -0.05) is 0 Å². The van der Waals surface area contributed by atoms with E-state index in [0.29, 0.717) is 11.5 Å². The van der Waals surface area contributed by atoms with Crippen molar-refractivity contribution in [3.8, 4) is 5.75 Å². The van der Waals surface area contributed by atoms with E-state index in [4.69, 9.17) is 10.5 Å². The number of hydrogen-bond donors (Lipinski definition) is 1. The van der Waals surface area contributed by atoms with E-state index in [-0.39, 0.29) is 11.8 Å². The largest absolute Gasteiger partial charge is 0.494 e. The number of nitrogens with two attached hydrogens (primary N) is 1. The van der Waals surface area contributed by atoms with Gasteiger partial charge in [-0.2, -0.15) is 0 Å². The van der Waals surface area contributed by atoms with E-state index in [9.17, 15) is 4.39 Å². The fourth-order valence-corrected chi connectivity index (χ4v) is 3.20. The van der Waals surface area contributed by atoms with Crippen LogP contribution in [0.25, 0.3) is 11.0 Å². The number of imidazole rings is 1. The molecule has 5 nitrogen and oxygen atoms in total. The number of thiazole rings is 1. The minimum Gasteiger partial charge on any atom is -0.494 e. The number of fused-ring (bicyclic) bond motifs is 1. The number of rotatable bonds is 3. The number of benzene rings is 1. The molecule has 110 valence electrons. The standard InChI is InChI=1S/C14H15FN4OS/c1-7-6-21-13(17-7)8(2)19-11-5-12(20-3)9(15)4-10(11)18-14(19)16/h4-6,8H,1-3H3,(H2,16,18). The molecule has 3 rings (SSSR count). The third-order valence-electron chi connectivity index (χ3n) is 3.37. The molecule has 0 saturated heterocycles. The van der Waals surface area contributed by atoms with Crippen molar-refractivity contribution in [3.63, 3.8) is 0 Å². The fraction of sp³-hybridized carbons (Fsp3) is 0.286. The fourth-order valence-electron chi connectivity index (χ4n) is 2.35. The molecule has 2 heterocycles. The number of hydrogen-bond acceptors (Lipinski definition) is 5. The predicted octanol–water partition coefficient (Wildman–Crippen LogP) is 3.14. The minimum atomic E-state index is -0.451. The smallest absolute Gasteiger partial charge is 0.201 e. The van der Waals surface area contributed by atoms with E-state index in [1.54, 1.807) is 17.4 Å². The number of nitrogens with zero attached hydrogens (tertiary/aromatic N) is 3. The summed E-state index contributed by atoms with van der Waals surface area (Å²) in [5.74, 6) is 0.0524. The maximum absolute atomic E-state index is 13.8. The lowest BCUT2D eigenvalue weighted by Crippen LogP contribution is -2.10. The zero-order chi connectivity index (χ0) is 15.1. The zero-order valence-electron chi connectivity index (χ0n) is 11.9. The highest BCUT2D eigenvalue weighted by atomic mass is 32.1. The van der Waals surface area contributed by atoms with E-state index in [2.05, 4.69) is 9.97 Å². The van der Waals surface area contributed by atoms with Crippen molar-refractivity contribution in [2.75, 3.05) is 12.8 Å². The van der Waals surface area contributed by atoms with Crippen molar-refractivity contribution in [3.05, 3.63) is 34.0 Å². The van der Waals surface area contributed by atoms with Gasteiger partial charge >= 0.3 is 0 Å². The summed E-state index contributed by atoms with van der Waals surface area (Å²) in [4.78, 5) is 8.71. The van der Waals surface area contributed by atoms with Gasteiger partial charge in [0.05, 0.1) is 24.2 Å². The molecule has 1 aromatic carbocycles. The maximum atomic E-state index is 13.8. The van der Waals surface area contributed by atoms with Gasteiger partial charge in [0.1, 0.15) is 5.01 Å². The van der Waals surface area contributed by atoms with Crippen LogP contribution in [0.15, 0.2) is 17.5 Å². The van der Waals surface area contributed by atoms with Crippen LogP contribution >= 0.6 is 11.3 Å². The first-order chi connectivity index (χ1) is 10.0. The van der Waals surface area contributed by atoms with E-state index in [1.807, 2.05) is 23.8 Å². The van der Waals surface area contributed by atoms with Gasteiger partial charge in [0.25, 0.3) is 0 Å². The second kappa shape index (κ2) is 5.00. The van der Waals surface area contributed by atoms with E-state index < -0.39 is 5.82 Å². The molecule has 0 spiro atoms. The van der Waals surface area contributed by atoms with Crippen LogP contribution in [0, 0.1) is 12.7 Å². The van der Waals surface area contributed by atoms with Crippen molar-refractivity contribution in [1.29, 1.82) is 0 Å². The first-order valence-corrected chi connectivity index (χ1v) is 7.32. The van der Waals surface area contributed by atoms with Crippen LogP contribution in [-0.2, 0) is 0 Å². The molecule has 0 saturated carbocycles. The number of aromatic nitrogens is 3. The second-order valence-corrected chi connectivity index (χ2v) is 5.71. The van der Waals surface area contributed by atoms with Gasteiger partial charge in [-0.15, -0.1) is 11.3 Å². The number of halogens is 1. The van der Waals surface area contributed by atoms with Gasteiger partial charge in [0.15, 0.2) is 11.6 Å². The van der Waals surface area contributed by atoms with Crippen LogP contribution in [0.3, 0.4) is 0 Å². The molecular formula is C14H15FN4OS. The van der Waals surface area contributed by atoms with Crippen LogP contribution in [0.4, 0.5) is 10.3 Å². The Labute approximate surface area is 125 Å². The van der Waals surface area contributed by atoms with Crippen LogP contribution < -0.4 is 10.5 Å². The summed E-state index contributed by atoms with van der Waals surface area (Å²) in [5.41, 5.74) is 8.20. The average molecular weight is 306 g/mol. The monoisotopic (exact) mass is 306 g/mol. The summed E-state index contributed by atoms with van der Waals surface area (Å²) in [5, 5.41) is 2.92. The van der Waals surface area contributed by atoms with E-state index in [0.717, 1.165) is 16.2 Å². The molecule has 0 amide bonds. The van der Waals surface area contributed by atoms with Crippen molar-refractivity contribution in [2.45, 2.75) is 19.9 Å². The maximum Gasteiger partial charge on any atom is 0.201 e. The highest BCUT2D eigenvalue weighted by Gasteiger charge is 2.20. The third kappa shape index (κ3) is 2.23. The Morgan fingerprint density at radius 1 is 1.38 bits per heavy atom. The molecule has 0 fully saturated rings. The number of methoxy groups -OCH3 is 1. The van der Waals surface area contributed by atoms with Gasteiger partial charge in [-0.25, -0.2) is 14.4 Å². The Bertz CT molecular complexity index is 811. The van der Waals surface area contributed by atoms with Crippen LogP contribution in [0.5, 0.6) is 5.75 Å².